The molecule has 4 aliphatic heterocycles. The summed E-state index contributed by atoms with van der Waals surface area (Å²) in [5.41, 5.74) is -2.15. The summed E-state index contributed by atoms with van der Waals surface area (Å²) in [6, 6.07) is -1.56. The van der Waals surface area contributed by atoms with Gasteiger partial charge in [0.2, 0.25) is 11.8 Å². The van der Waals surface area contributed by atoms with E-state index in [1.54, 1.807) is 15.9 Å². The van der Waals surface area contributed by atoms with E-state index in [0.717, 1.165) is 13.1 Å². The first-order valence-corrected chi connectivity index (χ1v) is 14.7. The molecule has 0 aromatic rings. The predicted molar refractivity (Wildman–Crippen MR) is 149 cm³/mol. The maximum Gasteiger partial charge on any atom is 0.313 e. The van der Waals surface area contributed by atoms with Crippen molar-refractivity contribution in [2.24, 2.45) is 23.7 Å². The second kappa shape index (κ2) is 12.3. The summed E-state index contributed by atoms with van der Waals surface area (Å²) < 4.78 is 17.8. The van der Waals surface area contributed by atoms with Gasteiger partial charge < -0.3 is 29.1 Å². The van der Waals surface area contributed by atoms with E-state index in [-0.39, 0.29) is 36.9 Å². The summed E-state index contributed by atoms with van der Waals surface area (Å²) in [4.78, 5) is 48.1. The summed E-state index contributed by atoms with van der Waals surface area (Å²) in [6.07, 6.45) is 4.36. The first-order valence-electron chi connectivity index (χ1n) is 14.7. The fourth-order valence-electron chi connectivity index (χ4n) is 7.42. The number of hydrogen-bond acceptors (Lipinski definition) is 8. The zero-order chi connectivity index (χ0) is 29.2. The zero-order valence-electron chi connectivity index (χ0n) is 24.5. The van der Waals surface area contributed by atoms with E-state index < -0.39 is 41.1 Å². The van der Waals surface area contributed by atoms with Crippen LogP contribution in [0.4, 0.5) is 0 Å². The second-order valence-corrected chi connectivity index (χ2v) is 12.0. The van der Waals surface area contributed by atoms with Gasteiger partial charge in [0, 0.05) is 32.7 Å². The van der Waals surface area contributed by atoms with Gasteiger partial charge >= 0.3 is 5.97 Å². The Hall–Kier alpha value is -2.27. The number of ether oxygens (including phenoxy) is 3. The first kappa shape index (κ1) is 30.7. The molecule has 3 unspecified atom stereocenters. The molecule has 0 radical (unpaired) electrons. The number of likely N-dealkylation sites (tertiary alicyclic amines) is 1. The molecule has 0 aromatic carbocycles. The maximum atomic E-state index is 14.6. The molecule has 1 spiro atoms. The minimum absolute atomic E-state index is 0.0283. The maximum absolute atomic E-state index is 14.6. The molecular weight excluding hydrogens is 514 g/mol. The molecule has 4 aliphatic rings. The van der Waals surface area contributed by atoms with Crippen LogP contribution in [0.15, 0.2) is 25.3 Å². The average Bonchev–Trinajstić information content (AvgIpc) is 3.47. The number of fused-ring (bicyclic) bond motifs is 1. The van der Waals surface area contributed by atoms with Crippen LogP contribution in [0.2, 0.25) is 0 Å². The lowest BCUT2D eigenvalue weighted by molar-refractivity contribution is -0.163. The third kappa shape index (κ3) is 5.01. The SMILES string of the molecule is C=CCOC(=O)[C@H]1[C@H]2C(=O)N([C@@H](CO)[C@@H](C)CC)C(C(=O)N(CC=C)CCN3CCOCC3)C23CC(C)[C@]1(C)O3. The number of aliphatic hydroxyl groups excluding tert-OH is 1. The third-order valence-corrected chi connectivity index (χ3v) is 9.88. The van der Waals surface area contributed by atoms with Crippen molar-refractivity contribution in [2.75, 3.05) is 59.2 Å². The summed E-state index contributed by atoms with van der Waals surface area (Å²) in [7, 11) is 0. The number of rotatable bonds is 13. The van der Waals surface area contributed by atoms with Crippen LogP contribution >= 0.6 is 0 Å². The van der Waals surface area contributed by atoms with Crippen LogP contribution in [-0.4, -0.2) is 120 Å². The number of hydrogen-bond donors (Lipinski definition) is 1. The van der Waals surface area contributed by atoms with Gasteiger partial charge in [-0.2, -0.15) is 0 Å². The van der Waals surface area contributed by atoms with Crippen molar-refractivity contribution in [3.8, 4) is 0 Å². The molecule has 40 heavy (non-hydrogen) atoms. The smallest absolute Gasteiger partial charge is 0.313 e. The molecule has 224 valence electrons. The van der Waals surface area contributed by atoms with E-state index >= 15 is 0 Å². The van der Waals surface area contributed by atoms with E-state index in [4.69, 9.17) is 14.2 Å². The third-order valence-electron chi connectivity index (χ3n) is 9.88. The second-order valence-electron chi connectivity index (χ2n) is 12.0. The van der Waals surface area contributed by atoms with Crippen LogP contribution in [0.3, 0.4) is 0 Å². The van der Waals surface area contributed by atoms with Gasteiger partial charge in [-0.05, 0) is 25.2 Å². The highest BCUT2D eigenvalue weighted by molar-refractivity contribution is 5.99. The van der Waals surface area contributed by atoms with Crippen molar-refractivity contribution < 1.29 is 33.7 Å². The number of amides is 2. The average molecular weight is 562 g/mol. The fourth-order valence-corrected chi connectivity index (χ4v) is 7.42. The zero-order valence-corrected chi connectivity index (χ0v) is 24.5. The van der Waals surface area contributed by atoms with Crippen LogP contribution in [0, 0.1) is 23.7 Å². The number of nitrogens with zero attached hydrogens (tertiary/aromatic N) is 3. The standard InChI is InChI=1S/C30H47N3O7/c1-7-10-32(12-11-31-13-16-38-17-14-31)27(36)25-30-18-21(5)29(6,40-30)24(28(37)39-15-8-2)23(30)26(35)33(25)22(19-34)20(4)9-3/h7-8,20-25,34H,1-2,9-19H2,3-6H3/t20-,21?,22-,23-,24+,25?,29-,30?/m0/s1. The highest BCUT2D eigenvalue weighted by atomic mass is 16.6. The largest absolute Gasteiger partial charge is 0.461 e. The van der Waals surface area contributed by atoms with Crippen molar-refractivity contribution >= 4 is 17.8 Å². The van der Waals surface area contributed by atoms with Crippen molar-refractivity contribution in [1.29, 1.82) is 0 Å². The molecule has 4 heterocycles. The highest BCUT2D eigenvalue weighted by Crippen LogP contribution is 2.65. The van der Waals surface area contributed by atoms with Gasteiger partial charge in [-0.1, -0.05) is 45.9 Å². The topological polar surface area (TPSA) is 109 Å². The summed E-state index contributed by atoms with van der Waals surface area (Å²) in [5.74, 6) is -2.96. The molecule has 2 amide bonds. The van der Waals surface area contributed by atoms with Crippen LogP contribution in [0.25, 0.3) is 0 Å². The van der Waals surface area contributed by atoms with E-state index in [2.05, 4.69) is 18.1 Å². The minimum Gasteiger partial charge on any atom is -0.461 e. The lowest BCUT2D eigenvalue weighted by atomic mass is 9.62. The van der Waals surface area contributed by atoms with Crippen molar-refractivity contribution in [3.63, 3.8) is 0 Å². The molecule has 1 N–H and O–H groups in total. The molecule has 4 rings (SSSR count). The summed E-state index contributed by atoms with van der Waals surface area (Å²) in [5, 5.41) is 10.5. The Morgan fingerprint density at radius 2 is 1.98 bits per heavy atom. The van der Waals surface area contributed by atoms with E-state index in [1.807, 2.05) is 27.7 Å². The lowest BCUT2D eigenvalue weighted by Crippen LogP contribution is -2.60. The van der Waals surface area contributed by atoms with Gasteiger partial charge in [0.25, 0.3) is 0 Å². The van der Waals surface area contributed by atoms with Gasteiger partial charge in [-0.15, -0.1) is 6.58 Å². The molecule has 8 atom stereocenters. The number of morpholine rings is 1. The Bertz CT molecular complexity index is 984. The molecule has 4 fully saturated rings. The summed E-state index contributed by atoms with van der Waals surface area (Å²) in [6.45, 7) is 19.4. The van der Waals surface area contributed by atoms with Crippen LogP contribution in [0.5, 0.6) is 0 Å². The van der Waals surface area contributed by atoms with E-state index in [9.17, 15) is 19.5 Å². The molecular formula is C30H47N3O7. The van der Waals surface area contributed by atoms with Crippen LogP contribution in [-0.2, 0) is 28.6 Å². The molecule has 10 heteroatoms. The van der Waals surface area contributed by atoms with E-state index in [0.29, 0.717) is 45.7 Å². The Kier molecular flexibility index (Phi) is 9.44. The molecule has 0 aliphatic carbocycles. The van der Waals surface area contributed by atoms with Gasteiger partial charge in [-0.3, -0.25) is 19.3 Å². The molecule has 4 saturated heterocycles. The highest BCUT2D eigenvalue weighted by Gasteiger charge is 2.80. The van der Waals surface area contributed by atoms with Gasteiger partial charge in [-0.25, -0.2) is 0 Å². The van der Waals surface area contributed by atoms with Crippen LogP contribution in [0.1, 0.15) is 40.5 Å². The quantitative estimate of drug-likeness (QED) is 0.266. The minimum atomic E-state index is -1.19. The molecule has 2 bridgehead atoms. The van der Waals surface area contributed by atoms with Gasteiger partial charge in [0.1, 0.15) is 24.2 Å². The van der Waals surface area contributed by atoms with Crippen LogP contribution < -0.4 is 0 Å². The number of carbonyl (C=O) groups excluding carboxylic acids is 3. The monoisotopic (exact) mass is 561 g/mol. The normalized spacial score (nSPS) is 34.8. The summed E-state index contributed by atoms with van der Waals surface area (Å²) >= 11 is 0. The Labute approximate surface area is 238 Å². The molecule has 10 nitrogen and oxygen atoms in total. The van der Waals surface area contributed by atoms with E-state index in [1.165, 1.54) is 6.08 Å². The number of carbonyl (C=O) groups is 3. The Morgan fingerprint density at radius 3 is 2.58 bits per heavy atom. The van der Waals surface area contributed by atoms with Crippen molar-refractivity contribution in [3.05, 3.63) is 25.3 Å². The Balaban J connectivity index is 1.75. The number of esters is 1. The molecule has 0 saturated carbocycles. The van der Waals surface area contributed by atoms with Crippen molar-refractivity contribution in [2.45, 2.75) is 63.8 Å². The lowest BCUT2D eigenvalue weighted by Gasteiger charge is -2.41. The molecule has 0 aromatic heterocycles. The predicted octanol–water partition coefficient (Wildman–Crippen LogP) is 1.48. The Morgan fingerprint density at radius 1 is 1.27 bits per heavy atom. The van der Waals surface area contributed by atoms with Crippen molar-refractivity contribution in [1.82, 2.24) is 14.7 Å². The fraction of sp³-hybridized carbons (Fsp3) is 0.767. The van der Waals surface area contributed by atoms with Gasteiger partial charge in [0.15, 0.2) is 0 Å². The number of aliphatic hydroxyl groups is 1. The van der Waals surface area contributed by atoms with Gasteiger partial charge in [0.05, 0.1) is 37.4 Å². The first-order chi connectivity index (χ1) is 19.1.